The van der Waals surface area contributed by atoms with Crippen LogP contribution in [0, 0.1) is 0 Å². The number of nitrogens with two attached hydrogens (primary N) is 1. The van der Waals surface area contributed by atoms with E-state index in [1.54, 1.807) is 23.8 Å². The third kappa shape index (κ3) is 3.44. The van der Waals surface area contributed by atoms with Crippen LogP contribution in [-0.4, -0.2) is 17.0 Å². The van der Waals surface area contributed by atoms with Gasteiger partial charge in [0.1, 0.15) is 5.69 Å². The fourth-order valence-corrected chi connectivity index (χ4v) is 1.98. The molecule has 0 amide bonds. The first-order valence-corrected chi connectivity index (χ1v) is 6.53. The first kappa shape index (κ1) is 13.8. The van der Waals surface area contributed by atoms with Crippen molar-refractivity contribution in [3.05, 3.63) is 39.3 Å². The van der Waals surface area contributed by atoms with Gasteiger partial charge < -0.3 is 10.6 Å². The summed E-state index contributed by atoms with van der Waals surface area (Å²) in [5, 5.41) is 6.27. The lowest BCUT2D eigenvalue weighted by Crippen LogP contribution is -2.05. The van der Waals surface area contributed by atoms with Crippen molar-refractivity contribution in [2.45, 2.75) is 0 Å². The van der Waals surface area contributed by atoms with Crippen LogP contribution in [0.15, 0.2) is 28.7 Å². The molecule has 0 saturated heterocycles. The van der Waals surface area contributed by atoms with Crippen molar-refractivity contribution < 1.29 is 9.63 Å². The minimum absolute atomic E-state index is 0.0842. The summed E-state index contributed by atoms with van der Waals surface area (Å²) in [5.41, 5.74) is 5.68. The number of hydrogen-bond donors (Lipinski definition) is 1. The zero-order valence-electron chi connectivity index (χ0n) is 9.26. The lowest BCUT2D eigenvalue weighted by Gasteiger charge is -2.00. The minimum Gasteiger partial charge on any atom is -0.375 e. The van der Waals surface area contributed by atoms with E-state index in [0.717, 1.165) is 0 Å². The molecule has 5 nitrogen and oxygen atoms in total. The molecule has 8 heteroatoms. The molecule has 0 aliphatic carbocycles. The average Bonchev–Trinajstić information content (AvgIpc) is 2.81. The van der Waals surface area contributed by atoms with Crippen molar-refractivity contribution in [1.29, 1.82) is 0 Å². The van der Waals surface area contributed by atoms with E-state index in [1.165, 1.54) is 17.4 Å². The largest absolute Gasteiger partial charge is 0.375 e. The number of aromatic nitrogens is 1. The second kappa shape index (κ2) is 6.01. The molecule has 0 atom stereocenters. The van der Waals surface area contributed by atoms with Gasteiger partial charge in [-0.2, -0.15) is 0 Å². The highest BCUT2D eigenvalue weighted by Gasteiger charge is 2.09. The molecule has 0 aliphatic heterocycles. The number of anilines is 1. The standard InChI is InChI=1S/C11H6Cl2N3O2S/c12-7-2-1-6(3-8(7)13)18-16-9(4-17)10-5-19-11(14)15-10/h1-3,5H,(H2,14,15)/b16-9-. The fourth-order valence-electron chi connectivity index (χ4n) is 1.15. The lowest BCUT2D eigenvalue weighted by molar-refractivity contribution is 0.342. The van der Waals surface area contributed by atoms with E-state index in [9.17, 15) is 4.79 Å². The van der Waals surface area contributed by atoms with Gasteiger partial charge in [-0.25, -0.2) is 4.98 Å². The summed E-state index contributed by atoms with van der Waals surface area (Å²) in [7, 11) is 0. The molecule has 2 aromatic rings. The number of nitrogens with zero attached hydrogens (tertiary/aromatic N) is 2. The summed E-state index contributed by atoms with van der Waals surface area (Å²) >= 11 is 12.8. The van der Waals surface area contributed by atoms with Crippen molar-refractivity contribution in [1.82, 2.24) is 4.98 Å². The van der Waals surface area contributed by atoms with Gasteiger partial charge >= 0.3 is 0 Å². The summed E-state index contributed by atoms with van der Waals surface area (Å²) in [6.07, 6.45) is 1.63. The Kier molecular flexibility index (Phi) is 4.36. The van der Waals surface area contributed by atoms with Crippen molar-refractivity contribution in [3.63, 3.8) is 0 Å². The Labute approximate surface area is 122 Å². The molecule has 2 rings (SSSR count). The Morgan fingerprint density at radius 3 is 2.79 bits per heavy atom. The molecule has 0 saturated carbocycles. The number of nitrogen functional groups attached to an aromatic ring is 1. The Bertz CT molecular complexity index is 643. The molecule has 2 N–H and O–H groups in total. The van der Waals surface area contributed by atoms with Crippen LogP contribution in [0.2, 0.25) is 10.0 Å². The van der Waals surface area contributed by atoms with E-state index < -0.39 is 0 Å². The highest BCUT2D eigenvalue weighted by molar-refractivity contribution is 7.13. The van der Waals surface area contributed by atoms with Crippen LogP contribution >= 0.6 is 34.5 Å². The molecule has 1 heterocycles. The van der Waals surface area contributed by atoms with E-state index in [1.807, 2.05) is 0 Å². The first-order valence-electron chi connectivity index (χ1n) is 4.89. The summed E-state index contributed by atoms with van der Waals surface area (Å²) in [6, 6.07) is 4.60. The van der Waals surface area contributed by atoms with Crippen LogP contribution in [-0.2, 0) is 4.79 Å². The number of rotatable bonds is 4. The topological polar surface area (TPSA) is 77.6 Å². The van der Waals surface area contributed by atoms with Gasteiger partial charge in [-0.15, -0.1) is 11.3 Å². The van der Waals surface area contributed by atoms with Crippen LogP contribution < -0.4 is 10.6 Å². The van der Waals surface area contributed by atoms with Crippen LogP contribution in [0.3, 0.4) is 0 Å². The number of oxime groups is 1. The van der Waals surface area contributed by atoms with Crippen LogP contribution in [0.4, 0.5) is 5.13 Å². The van der Waals surface area contributed by atoms with Crippen LogP contribution in [0.25, 0.3) is 0 Å². The maximum atomic E-state index is 10.8. The SMILES string of the molecule is Nc1nc(/C([C]=O)=N\Oc2ccc(Cl)c(Cl)c2)cs1. The Morgan fingerprint density at radius 1 is 1.42 bits per heavy atom. The molecule has 1 aromatic heterocycles. The zero-order valence-corrected chi connectivity index (χ0v) is 11.6. The smallest absolute Gasteiger partial charge is 0.259 e. The monoisotopic (exact) mass is 314 g/mol. The van der Waals surface area contributed by atoms with E-state index in [2.05, 4.69) is 10.1 Å². The summed E-state index contributed by atoms with van der Waals surface area (Å²) in [5.74, 6) is 0.338. The quantitative estimate of drug-likeness (QED) is 0.695. The Morgan fingerprint density at radius 2 is 2.21 bits per heavy atom. The van der Waals surface area contributed by atoms with Crippen LogP contribution in [0.1, 0.15) is 5.69 Å². The maximum absolute atomic E-state index is 10.8. The van der Waals surface area contributed by atoms with Crippen molar-refractivity contribution in [2.24, 2.45) is 5.16 Å². The second-order valence-corrected chi connectivity index (χ2v) is 4.98. The van der Waals surface area contributed by atoms with E-state index in [4.69, 9.17) is 33.8 Å². The van der Waals surface area contributed by atoms with Gasteiger partial charge in [0.15, 0.2) is 16.6 Å². The summed E-state index contributed by atoms with van der Waals surface area (Å²) in [6.45, 7) is 0. The highest BCUT2D eigenvalue weighted by Crippen LogP contribution is 2.26. The lowest BCUT2D eigenvalue weighted by atomic mass is 10.3. The molecular formula is C11H6Cl2N3O2S. The third-order valence-electron chi connectivity index (χ3n) is 1.99. The molecule has 1 radical (unpaired) electrons. The van der Waals surface area contributed by atoms with Gasteiger partial charge in [-0.1, -0.05) is 28.4 Å². The van der Waals surface area contributed by atoms with Gasteiger partial charge in [-0.3, -0.25) is 4.79 Å². The average molecular weight is 315 g/mol. The normalized spacial score (nSPS) is 11.4. The molecule has 0 aliphatic rings. The molecule has 19 heavy (non-hydrogen) atoms. The number of thiazole rings is 1. The number of halogens is 2. The third-order valence-corrected chi connectivity index (χ3v) is 3.41. The Balaban J connectivity index is 2.20. The van der Waals surface area contributed by atoms with Crippen molar-refractivity contribution in [3.8, 4) is 5.75 Å². The van der Waals surface area contributed by atoms with Gasteiger partial charge in [0.25, 0.3) is 6.29 Å². The van der Waals surface area contributed by atoms with Crippen molar-refractivity contribution in [2.75, 3.05) is 5.73 Å². The summed E-state index contributed by atoms with van der Waals surface area (Å²) < 4.78 is 0. The maximum Gasteiger partial charge on any atom is 0.259 e. The zero-order chi connectivity index (χ0) is 13.8. The molecule has 0 fully saturated rings. The number of carbonyl (C=O) groups excluding carboxylic acids is 1. The first-order chi connectivity index (χ1) is 9.10. The minimum atomic E-state index is -0.0842. The van der Waals surface area contributed by atoms with E-state index >= 15 is 0 Å². The van der Waals surface area contributed by atoms with Gasteiger partial charge in [0.2, 0.25) is 0 Å². The molecule has 0 spiro atoms. The molecule has 97 valence electrons. The summed E-state index contributed by atoms with van der Waals surface area (Å²) in [4.78, 5) is 19.8. The molecular weight excluding hydrogens is 309 g/mol. The Hall–Kier alpha value is -1.63. The van der Waals surface area contributed by atoms with Gasteiger partial charge in [0.05, 0.1) is 10.0 Å². The molecule has 0 bridgehead atoms. The van der Waals surface area contributed by atoms with Crippen molar-refractivity contribution >= 4 is 51.7 Å². The molecule has 1 aromatic carbocycles. The number of hydrogen-bond acceptors (Lipinski definition) is 6. The fraction of sp³-hybridized carbons (Fsp3) is 0. The predicted octanol–water partition coefficient (Wildman–Crippen LogP) is 2.92. The second-order valence-electron chi connectivity index (χ2n) is 3.28. The molecule has 0 unspecified atom stereocenters. The van der Waals surface area contributed by atoms with E-state index in [-0.39, 0.29) is 5.71 Å². The highest BCUT2D eigenvalue weighted by atomic mass is 35.5. The predicted molar refractivity (Wildman–Crippen MR) is 75.8 cm³/mol. The van der Waals surface area contributed by atoms with Gasteiger partial charge in [-0.05, 0) is 12.1 Å². The van der Waals surface area contributed by atoms with E-state index in [0.29, 0.717) is 26.6 Å². The van der Waals surface area contributed by atoms with Gasteiger partial charge in [0, 0.05) is 11.4 Å². The van der Waals surface area contributed by atoms with Crippen LogP contribution in [0.5, 0.6) is 5.75 Å². The number of benzene rings is 1.